The molecule has 3 amide bonds. The standard InChI is InChI=1S/C42H61N7O6S/c1-3-11-32(2)49-31-35-34(39(49)51)13-10-14-36(35)47-38(50)16-5-8-19-43-20-23-53-25-27-55-28-26-54-24-21-44-40(52)42(17-6-4-7-18-42)30-33-12-9-15-37(46-33)48-41-45-22-29-56-41/h9-10,12-15,22,29,32,43H,3-8,11,16-21,23-28,30-31H2,1-2H3,(H,44,52)(H,47,50)(H,45,46,48). The molecule has 13 nitrogen and oxygen atoms in total. The van der Waals surface area contributed by atoms with Crippen LogP contribution in [-0.2, 0) is 36.8 Å². The van der Waals surface area contributed by atoms with Crippen LogP contribution in [0.15, 0.2) is 48.0 Å². The van der Waals surface area contributed by atoms with Crippen LogP contribution in [0.2, 0.25) is 0 Å². The predicted octanol–water partition coefficient (Wildman–Crippen LogP) is 6.48. The van der Waals surface area contributed by atoms with Crippen molar-refractivity contribution in [3.8, 4) is 0 Å². The van der Waals surface area contributed by atoms with Crippen molar-refractivity contribution in [2.45, 2.75) is 97.1 Å². The summed E-state index contributed by atoms with van der Waals surface area (Å²) < 4.78 is 17.0. The van der Waals surface area contributed by atoms with Gasteiger partial charge in [0.2, 0.25) is 11.8 Å². The molecule has 0 radical (unpaired) electrons. The molecule has 1 unspecified atom stereocenters. The van der Waals surface area contributed by atoms with Gasteiger partial charge >= 0.3 is 0 Å². The molecular formula is C42H61N7O6S. The number of rotatable bonds is 26. The summed E-state index contributed by atoms with van der Waals surface area (Å²) in [5.74, 6) is 0.852. The molecule has 1 aliphatic carbocycles. The largest absolute Gasteiger partial charge is 0.378 e. The Labute approximate surface area is 336 Å². The van der Waals surface area contributed by atoms with Crippen LogP contribution in [0.5, 0.6) is 0 Å². The second-order valence-corrected chi connectivity index (χ2v) is 15.6. The Balaban J connectivity index is 0.838. The number of amides is 3. The van der Waals surface area contributed by atoms with Gasteiger partial charge < -0.3 is 40.4 Å². The van der Waals surface area contributed by atoms with Gasteiger partial charge in [-0.1, -0.05) is 44.7 Å². The number of hydrogen-bond acceptors (Lipinski definition) is 11. The Hall–Kier alpha value is -3.95. The third-order valence-corrected chi connectivity index (χ3v) is 11.2. The summed E-state index contributed by atoms with van der Waals surface area (Å²) >= 11 is 1.52. The number of aromatic nitrogens is 2. The maximum Gasteiger partial charge on any atom is 0.254 e. The third-order valence-electron chi connectivity index (χ3n) is 10.5. The highest BCUT2D eigenvalue weighted by molar-refractivity contribution is 7.13. The summed E-state index contributed by atoms with van der Waals surface area (Å²) in [7, 11) is 0. The van der Waals surface area contributed by atoms with Gasteiger partial charge in [-0.25, -0.2) is 9.97 Å². The van der Waals surface area contributed by atoms with Crippen molar-refractivity contribution in [1.29, 1.82) is 0 Å². The third kappa shape index (κ3) is 13.3. The fraction of sp³-hybridized carbons (Fsp3) is 0.595. The number of unbranched alkanes of at least 4 members (excludes halogenated alkanes) is 1. The van der Waals surface area contributed by atoms with Gasteiger partial charge in [-0.3, -0.25) is 14.4 Å². The number of hydrogen-bond donors (Lipinski definition) is 4. The van der Waals surface area contributed by atoms with E-state index >= 15 is 0 Å². The van der Waals surface area contributed by atoms with Gasteiger partial charge in [0.1, 0.15) is 5.82 Å². The molecule has 2 aliphatic rings. The first-order valence-corrected chi connectivity index (χ1v) is 21.3. The number of anilines is 3. The zero-order chi connectivity index (χ0) is 39.4. The van der Waals surface area contributed by atoms with E-state index in [1.54, 1.807) is 6.20 Å². The Morgan fingerprint density at radius 2 is 1.68 bits per heavy atom. The first kappa shape index (κ1) is 43.2. The number of nitrogens with one attached hydrogen (secondary N) is 4. The molecular weight excluding hydrogens is 731 g/mol. The van der Waals surface area contributed by atoms with E-state index in [0.29, 0.717) is 71.1 Å². The average Bonchev–Trinajstić information content (AvgIpc) is 3.84. The van der Waals surface area contributed by atoms with Crippen molar-refractivity contribution in [3.05, 3.63) is 64.8 Å². The number of benzene rings is 1. The number of pyridine rings is 1. The van der Waals surface area contributed by atoms with Crippen molar-refractivity contribution >= 4 is 45.7 Å². The molecule has 3 heterocycles. The van der Waals surface area contributed by atoms with E-state index in [2.05, 4.69) is 40.1 Å². The number of fused-ring (bicyclic) bond motifs is 1. The first-order valence-electron chi connectivity index (χ1n) is 20.5. The molecule has 3 aromatic rings. The molecule has 306 valence electrons. The number of thiazole rings is 1. The summed E-state index contributed by atoms with van der Waals surface area (Å²) in [6.45, 7) is 9.67. The lowest BCUT2D eigenvalue weighted by Crippen LogP contribution is -2.45. The molecule has 0 bridgehead atoms. The van der Waals surface area contributed by atoms with Crippen LogP contribution in [0.25, 0.3) is 0 Å². The van der Waals surface area contributed by atoms with Gasteiger partial charge in [-0.05, 0) is 69.8 Å². The van der Waals surface area contributed by atoms with Crippen molar-refractivity contribution in [3.63, 3.8) is 0 Å². The smallest absolute Gasteiger partial charge is 0.254 e. The lowest BCUT2D eigenvalue weighted by atomic mass is 9.70. The van der Waals surface area contributed by atoms with E-state index in [1.165, 1.54) is 11.3 Å². The Morgan fingerprint density at radius 1 is 0.929 bits per heavy atom. The van der Waals surface area contributed by atoms with E-state index in [4.69, 9.17) is 19.2 Å². The zero-order valence-electron chi connectivity index (χ0n) is 33.2. The average molecular weight is 792 g/mol. The van der Waals surface area contributed by atoms with Crippen LogP contribution >= 0.6 is 11.3 Å². The highest BCUT2D eigenvalue weighted by atomic mass is 32.1. The number of nitrogens with zero attached hydrogens (tertiary/aromatic N) is 3. The summed E-state index contributed by atoms with van der Waals surface area (Å²) in [5.41, 5.74) is 2.82. The van der Waals surface area contributed by atoms with Crippen molar-refractivity contribution in [2.75, 3.05) is 69.9 Å². The number of ether oxygens (including phenoxy) is 3. The summed E-state index contributed by atoms with van der Waals surface area (Å²) in [6, 6.07) is 11.7. The van der Waals surface area contributed by atoms with E-state index < -0.39 is 5.41 Å². The Bertz CT molecular complexity index is 1650. The SMILES string of the molecule is CCCC(C)N1Cc2c(NC(=O)CCCCNCCOCCOCCOCCNC(=O)C3(Cc4cccc(Nc5nccs5)n4)CCCCC3)cccc2C1=O. The molecule has 1 aromatic carbocycles. The van der Waals surface area contributed by atoms with Crippen LogP contribution in [0.1, 0.15) is 99.7 Å². The van der Waals surface area contributed by atoms with Crippen LogP contribution in [0.4, 0.5) is 16.6 Å². The van der Waals surface area contributed by atoms with Gasteiger partial charge in [0, 0.05) is 72.6 Å². The molecule has 1 aliphatic heterocycles. The van der Waals surface area contributed by atoms with Gasteiger partial charge in [0.25, 0.3) is 5.91 Å². The minimum atomic E-state index is -0.452. The normalized spacial score (nSPS) is 15.4. The first-order chi connectivity index (χ1) is 27.4. The highest BCUT2D eigenvalue weighted by Crippen LogP contribution is 2.39. The zero-order valence-corrected chi connectivity index (χ0v) is 34.1. The number of carbonyl (C=O) groups is 3. The predicted molar refractivity (Wildman–Crippen MR) is 220 cm³/mol. The van der Waals surface area contributed by atoms with Crippen LogP contribution in [0.3, 0.4) is 0 Å². The molecule has 56 heavy (non-hydrogen) atoms. The molecule has 4 N–H and O–H groups in total. The second kappa shape index (κ2) is 23.3. The highest BCUT2D eigenvalue weighted by Gasteiger charge is 2.40. The minimum absolute atomic E-state index is 0.0254. The monoisotopic (exact) mass is 791 g/mol. The Morgan fingerprint density at radius 3 is 2.43 bits per heavy atom. The molecule has 0 spiro atoms. The topological polar surface area (TPSA) is 156 Å². The Kier molecular flexibility index (Phi) is 18.0. The van der Waals surface area contributed by atoms with E-state index in [1.807, 2.05) is 46.7 Å². The molecule has 1 fully saturated rings. The van der Waals surface area contributed by atoms with E-state index in [9.17, 15) is 14.4 Å². The van der Waals surface area contributed by atoms with Crippen molar-refractivity contribution in [2.24, 2.45) is 5.41 Å². The number of carbonyl (C=O) groups excluding carboxylic acids is 3. The second-order valence-electron chi connectivity index (χ2n) is 14.7. The van der Waals surface area contributed by atoms with Gasteiger partial charge in [-0.2, -0.15) is 0 Å². The fourth-order valence-electron chi connectivity index (χ4n) is 7.49. The summed E-state index contributed by atoms with van der Waals surface area (Å²) in [5, 5.41) is 15.5. The maximum absolute atomic E-state index is 13.5. The van der Waals surface area contributed by atoms with Crippen LogP contribution in [0, 0.1) is 5.41 Å². The van der Waals surface area contributed by atoms with E-state index in [-0.39, 0.29) is 23.8 Å². The molecule has 1 atom stereocenters. The molecule has 14 heteroatoms. The fourth-order valence-corrected chi connectivity index (χ4v) is 8.02. The lowest BCUT2D eigenvalue weighted by Gasteiger charge is -2.35. The minimum Gasteiger partial charge on any atom is -0.378 e. The van der Waals surface area contributed by atoms with Crippen molar-refractivity contribution in [1.82, 2.24) is 25.5 Å². The van der Waals surface area contributed by atoms with Crippen LogP contribution in [-0.4, -0.2) is 97.9 Å². The van der Waals surface area contributed by atoms with Gasteiger partial charge in [0.05, 0.1) is 45.1 Å². The van der Waals surface area contributed by atoms with Crippen molar-refractivity contribution < 1.29 is 28.6 Å². The lowest BCUT2D eigenvalue weighted by molar-refractivity contribution is -0.133. The molecule has 0 saturated heterocycles. The summed E-state index contributed by atoms with van der Waals surface area (Å²) in [4.78, 5) is 50.0. The van der Waals surface area contributed by atoms with Crippen LogP contribution < -0.4 is 21.3 Å². The molecule has 5 rings (SSSR count). The molecule has 1 saturated carbocycles. The van der Waals surface area contributed by atoms with E-state index in [0.717, 1.165) is 98.8 Å². The maximum atomic E-state index is 13.5. The molecule has 2 aromatic heterocycles. The summed E-state index contributed by atoms with van der Waals surface area (Å²) in [6.07, 6.45) is 11.4. The van der Waals surface area contributed by atoms with Gasteiger partial charge in [0.15, 0.2) is 5.13 Å². The van der Waals surface area contributed by atoms with Gasteiger partial charge in [-0.15, -0.1) is 11.3 Å². The quantitative estimate of drug-likeness (QED) is 0.0664.